The first-order valence-corrected chi connectivity index (χ1v) is 7.56. The van der Waals surface area contributed by atoms with E-state index in [1.807, 2.05) is 37.3 Å². The molecule has 1 aromatic heterocycles. The number of nitrogens with zero attached hydrogens (tertiary/aromatic N) is 2. The minimum absolute atomic E-state index is 0.0406. The average molecular weight is 289 g/mol. The molecule has 2 aromatic rings. The van der Waals surface area contributed by atoms with Gasteiger partial charge in [0.25, 0.3) is 5.91 Å². The monoisotopic (exact) mass is 289 g/mol. The van der Waals surface area contributed by atoms with Crippen LogP contribution in [0.25, 0.3) is 0 Å². The van der Waals surface area contributed by atoms with Gasteiger partial charge in [-0.25, -0.2) is 0 Å². The zero-order chi connectivity index (χ0) is 14.5. The van der Waals surface area contributed by atoms with Crippen molar-refractivity contribution in [3.8, 4) is 0 Å². The van der Waals surface area contributed by atoms with Gasteiger partial charge in [0.05, 0.1) is 6.04 Å². The van der Waals surface area contributed by atoms with Crippen molar-refractivity contribution in [2.24, 2.45) is 5.92 Å². The Bertz CT molecular complexity index is 566. The molecule has 20 heavy (non-hydrogen) atoms. The molecule has 2 rings (SSSR count). The maximum atomic E-state index is 12.1. The number of amides is 1. The van der Waals surface area contributed by atoms with Gasteiger partial charge in [0.2, 0.25) is 5.01 Å². The lowest BCUT2D eigenvalue weighted by Crippen LogP contribution is -2.26. The second-order valence-electron chi connectivity index (χ2n) is 5.20. The Labute approximate surface area is 123 Å². The molecule has 0 bridgehead atoms. The molecule has 0 aliphatic carbocycles. The largest absolute Gasteiger partial charge is 0.343 e. The molecule has 0 fully saturated rings. The molecule has 0 saturated carbocycles. The van der Waals surface area contributed by atoms with Gasteiger partial charge in [-0.1, -0.05) is 55.5 Å². The Kier molecular flexibility index (Phi) is 4.84. The number of aromatic nitrogens is 2. The summed E-state index contributed by atoms with van der Waals surface area (Å²) in [5.74, 6) is 0.357. The van der Waals surface area contributed by atoms with Crippen LogP contribution in [0.4, 0.5) is 0 Å². The first kappa shape index (κ1) is 14.7. The van der Waals surface area contributed by atoms with E-state index in [2.05, 4.69) is 29.4 Å². The highest BCUT2D eigenvalue weighted by Gasteiger charge is 2.16. The molecule has 1 amide bonds. The molecule has 1 heterocycles. The van der Waals surface area contributed by atoms with Crippen LogP contribution in [0.15, 0.2) is 30.3 Å². The van der Waals surface area contributed by atoms with Gasteiger partial charge < -0.3 is 5.32 Å². The molecule has 1 atom stereocenters. The van der Waals surface area contributed by atoms with Crippen LogP contribution in [-0.2, 0) is 6.42 Å². The van der Waals surface area contributed by atoms with Crippen molar-refractivity contribution >= 4 is 17.2 Å². The third-order valence-electron chi connectivity index (χ3n) is 2.89. The van der Waals surface area contributed by atoms with Crippen molar-refractivity contribution in [3.05, 3.63) is 45.9 Å². The van der Waals surface area contributed by atoms with E-state index in [4.69, 9.17) is 0 Å². The van der Waals surface area contributed by atoms with Gasteiger partial charge in [-0.3, -0.25) is 4.79 Å². The van der Waals surface area contributed by atoms with Crippen molar-refractivity contribution in [2.75, 3.05) is 0 Å². The number of carbonyl (C=O) groups excluding carboxylic acids is 1. The first-order valence-electron chi connectivity index (χ1n) is 6.74. The summed E-state index contributed by atoms with van der Waals surface area (Å²) in [7, 11) is 0. The third-order valence-corrected chi connectivity index (χ3v) is 3.84. The first-order chi connectivity index (χ1) is 9.56. The van der Waals surface area contributed by atoms with Gasteiger partial charge in [0.15, 0.2) is 0 Å². The van der Waals surface area contributed by atoms with Crippen molar-refractivity contribution in [2.45, 2.75) is 33.2 Å². The minimum atomic E-state index is -0.158. The summed E-state index contributed by atoms with van der Waals surface area (Å²) >= 11 is 1.37. The molecule has 0 radical (unpaired) electrons. The van der Waals surface area contributed by atoms with Gasteiger partial charge in [0.1, 0.15) is 5.01 Å². The summed E-state index contributed by atoms with van der Waals surface area (Å²) in [6.45, 7) is 6.21. The fourth-order valence-electron chi connectivity index (χ4n) is 1.86. The normalized spacial score (nSPS) is 12.4. The Morgan fingerprint density at radius 1 is 1.20 bits per heavy atom. The highest BCUT2D eigenvalue weighted by Crippen LogP contribution is 2.16. The highest BCUT2D eigenvalue weighted by atomic mass is 32.1. The summed E-state index contributed by atoms with van der Waals surface area (Å²) in [5.41, 5.74) is 1.08. The SMILES string of the molecule is CC(C)Cc1nnc(C(=O)N[C@@H](C)c2ccccc2)s1. The van der Waals surface area contributed by atoms with E-state index in [0.29, 0.717) is 10.9 Å². The zero-order valence-corrected chi connectivity index (χ0v) is 12.8. The second kappa shape index (κ2) is 6.61. The summed E-state index contributed by atoms with van der Waals surface area (Å²) in [6.07, 6.45) is 0.860. The van der Waals surface area contributed by atoms with Crippen molar-refractivity contribution in [1.82, 2.24) is 15.5 Å². The van der Waals surface area contributed by atoms with E-state index < -0.39 is 0 Å². The predicted molar refractivity (Wildman–Crippen MR) is 80.8 cm³/mol. The Balaban J connectivity index is 1.99. The Morgan fingerprint density at radius 3 is 2.55 bits per heavy atom. The van der Waals surface area contributed by atoms with Gasteiger partial charge in [-0.05, 0) is 18.4 Å². The molecule has 5 heteroatoms. The maximum absolute atomic E-state index is 12.1. The topological polar surface area (TPSA) is 54.9 Å². The fourth-order valence-corrected chi connectivity index (χ4v) is 2.82. The molecule has 0 spiro atoms. The molecule has 106 valence electrons. The van der Waals surface area contributed by atoms with Gasteiger partial charge in [-0.2, -0.15) is 0 Å². The summed E-state index contributed by atoms with van der Waals surface area (Å²) in [4.78, 5) is 12.1. The van der Waals surface area contributed by atoms with Crippen LogP contribution in [0.2, 0.25) is 0 Å². The molecule has 0 saturated heterocycles. The molecule has 1 N–H and O–H groups in total. The zero-order valence-electron chi connectivity index (χ0n) is 12.0. The van der Waals surface area contributed by atoms with Gasteiger partial charge in [0, 0.05) is 6.42 Å². The van der Waals surface area contributed by atoms with E-state index in [1.54, 1.807) is 0 Å². The van der Waals surface area contributed by atoms with Crippen molar-refractivity contribution < 1.29 is 4.79 Å². The van der Waals surface area contributed by atoms with Gasteiger partial charge >= 0.3 is 0 Å². The van der Waals surface area contributed by atoms with E-state index in [0.717, 1.165) is 17.0 Å². The predicted octanol–water partition coefficient (Wildman–Crippen LogP) is 3.23. The molecule has 4 nitrogen and oxygen atoms in total. The Morgan fingerprint density at radius 2 is 1.90 bits per heavy atom. The van der Waals surface area contributed by atoms with E-state index in [1.165, 1.54) is 11.3 Å². The van der Waals surface area contributed by atoms with Gasteiger partial charge in [-0.15, -0.1) is 10.2 Å². The maximum Gasteiger partial charge on any atom is 0.282 e. The second-order valence-corrected chi connectivity index (χ2v) is 6.27. The third kappa shape index (κ3) is 3.87. The van der Waals surface area contributed by atoms with E-state index in [-0.39, 0.29) is 11.9 Å². The quantitative estimate of drug-likeness (QED) is 0.919. The molecule has 0 aliphatic heterocycles. The van der Waals surface area contributed by atoms with Crippen molar-refractivity contribution in [3.63, 3.8) is 0 Å². The fraction of sp³-hybridized carbons (Fsp3) is 0.400. The van der Waals surface area contributed by atoms with Crippen LogP contribution < -0.4 is 5.32 Å². The lowest BCUT2D eigenvalue weighted by atomic mass is 10.1. The summed E-state index contributed by atoms with van der Waals surface area (Å²) in [5, 5.41) is 12.3. The number of hydrogen-bond acceptors (Lipinski definition) is 4. The molecular formula is C15H19N3OS. The lowest BCUT2D eigenvalue weighted by Gasteiger charge is -2.12. The van der Waals surface area contributed by atoms with Crippen LogP contribution in [0.5, 0.6) is 0 Å². The molecule has 0 unspecified atom stereocenters. The molecule has 0 aliphatic rings. The van der Waals surface area contributed by atoms with E-state index in [9.17, 15) is 4.79 Å². The summed E-state index contributed by atoms with van der Waals surface area (Å²) in [6, 6.07) is 9.83. The summed E-state index contributed by atoms with van der Waals surface area (Å²) < 4.78 is 0. The van der Waals surface area contributed by atoms with Crippen LogP contribution in [0.1, 0.15) is 47.2 Å². The lowest BCUT2D eigenvalue weighted by molar-refractivity contribution is 0.0939. The number of rotatable bonds is 5. The van der Waals surface area contributed by atoms with Crippen LogP contribution in [0.3, 0.4) is 0 Å². The average Bonchev–Trinajstić information content (AvgIpc) is 2.87. The number of carbonyl (C=O) groups is 1. The number of nitrogens with one attached hydrogen (secondary N) is 1. The van der Waals surface area contributed by atoms with Crippen molar-refractivity contribution in [1.29, 1.82) is 0 Å². The standard InChI is InChI=1S/C15H19N3OS/c1-10(2)9-13-17-18-15(20-13)14(19)16-11(3)12-7-5-4-6-8-12/h4-8,10-11H,9H2,1-3H3,(H,16,19)/t11-/m0/s1. The number of hydrogen-bond donors (Lipinski definition) is 1. The molecular weight excluding hydrogens is 270 g/mol. The van der Waals surface area contributed by atoms with Crippen LogP contribution in [0, 0.1) is 5.92 Å². The van der Waals surface area contributed by atoms with E-state index >= 15 is 0 Å². The Hall–Kier alpha value is -1.75. The van der Waals surface area contributed by atoms with Crippen LogP contribution >= 0.6 is 11.3 Å². The minimum Gasteiger partial charge on any atom is -0.343 e. The molecule has 1 aromatic carbocycles. The smallest absolute Gasteiger partial charge is 0.282 e. The number of benzene rings is 1. The van der Waals surface area contributed by atoms with Crippen LogP contribution in [-0.4, -0.2) is 16.1 Å². The highest BCUT2D eigenvalue weighted by molar-refractivity contribution is 7.13.